The molecule has 2 aliphatic carbocycles. The predicted octanol–water partition coefficient (Wildman–Crippen LogP) is 2.82. The number of hydrogen-bond donors (Lipinski definition) is 2. The van der Waals surface area contributed by atoms with Crippen molar-refractivity contribution in [2.24, 2.45) is 23.7 Å². The molecule has 0 unspecified atom stereocenters. The first-order chi connectivity index (χ1) is 13.7. The molecule has 2 saturated carbocycles. The second-order valence-electron chi connectivity index (χ2n) is 9.88. The predicted molar refractivity (Wildman–Crippen MR) is 114 cm³/mol. The zero-order valence-electron chi connectivity index (χ0n) is 18.0. The van der Waals surface area contributed by atoms with Crippen molar-refractivity contribution in [3.05, 3.63) is 0 Å². The summed E-state index contributed by atoms with van der Waals surface area (Å²) in [4.78, 5) is 25.2. The molecular formula is C22H38N2O4S. The lowest BCUT2D eigenvalue weighted by Gasteiger charge is -2.31. The maximum atomic E-state index is 12.6. The first-order valence-corrected chi connectivity index (χ1v) is 13.3. The van der Waals surface area contributed by atoms with E-state index in [0.717, 1.165) is 38.5 Å². The van der Waals surface area contributed by atoms with Gasteiger partial charge >= 0.3 is 0 Å². The molecule has 0 aromatic rings. The van der Waals surface area contributed by atoms with Gasteiger partial charge in [-0.25, -0.2) is 8.42 Å². The highest BCUT2D eigenvalue weighted by Crippen LogP contribution is 2.32. The minimum absolute atomic E-state index is 0.0262. The lowest BCUT2D eigenvalue weighted by atomic mass is 9.84. The van der Waals surface area contributed by atoms with Gasteiger partial charge in [0.2, 0.25) is 11.8 Å². The summed E-state index contributed by atoms with van der Waals surface area (Å²) in [6.07, 6.45) is 9.38. The summed E-state index contributed by atoms with van der Waals surface area (Å²) in [5.74, 6) is 0.367. The molecule has 3 fully saturated rings. The van der Waals surface area contributed by atoms with Crippen LogP contribution in [0.5, 0.6) is 0 Å². The highest BCUT2D eigenvalue weighted by Gasteiger charge is 2.40. The number of sulfone groups is 1. The van der Waals surface area contributed by atoms with E-state index in [1.165, 1.54) is 12.8 Å². The lowest BCUT2D eigenvalue weighted by Crippen LogP contribution is -2.43. The third-order valence-corrected chi connectivity index (χ3v) is 9.29. The Balaban J connectivity index is 1.54. The quantitative estimate of drug-likeness (QED) is 0.683. The molecule has 166 valence electrons. The van der Waals surface area contributed by atoms with E-state index in [1.54, 1.807) is 0 Å². The summed E-state index contributed by atoms with van der Waals surface area (Å²) in [6, 6.07) is 0.396. The van der Waals surface area contributed by atoms with Gasteiger partial charge in [-0.1, -0.05) is 39.5 Å². The van der Waals surface area contributed by atoms with Crippen LogP contribution in [-0.2, 0) is 19.4 Å². The van der Waals surface area contributed by atoms with Crippen molar-refractivity contribution < 1.29 is 18.0 Å². The van der Waals surface area contributed by atoms with Crippen LogP contribution in [0.15, 0.2) is 0 Å². The maximum absolute atomic E-state index is 12.6. The van der Waals surface area contributed by atoms with Gasteiger partial charge in [-0.2, -0.15) is 0 Å². The minimum Gasteiger partial charge on any atom is -0.353 e. The summed E-state index contributed by atoms with van der Waals surface area (Å²) in [5.41, 5.74) is 0. The summed E-state index contributed by atoms with van der Waals surface area (Å²) in [5, 5.41) is 6.27. The fourth-order valence-electron chi connectivity index (χ4n) is 5.51. The van der Waals surface area contributed by atoms with Crippen molar-refractivity contribution in [3.8, 4) is 0 Å². The van der Waals surface area contributed by atoms with Crippen LogP contribution >= 0.6 is 0 Å². The summed E-state index contributed by atoms with van der Waals surface area (Å²) in [6.45, 7) is 4.34. The smallest absolute Gasteiger partial charge is 0.220 e. The molecule has 1 saturated heterocycles. The van der Waals surface area contributed by atoms with Crippen LogP contribution in [-0.4, -0.2) is 43.8 Å². The molecule has 0 radical (unpaired) electrons. The molecule has 29 heavy (non-hydrogen) atoms. The molecular weight excluding hydrogens is 388 g/mol. The molecule has 3 aliphatic rings. The van der Waals surface area contributed by atoms with E-state index in [1.807, 2.05) is 0 Å². The standard InChI is InChI=1S/C22H38N2O4S/c1-15-7-3-5-9-19(15)23-21(25)11-17-13-29(27,28)14-18(17)12-22(26)24-20-10-6-4-8-16(20)2/h15-20H,3-14H2,1-2H3,(H,23,25)(H,24,26)/t15-,16-,17-,18+,19+,20+/m0/s1. The van der Waals surface area contributed by atoms with Gasteiger partial charge in [0.05, 0.1) is 11.5 Å². The minimum atomic E-state index is -3.18. The average Bonchev–Trinajstić information content (AvgIpc) is 2.92. The van der Waals surface area contributed by atoms with Gasteiger partial charge in [0, 0.05) is 24.9 Å². The van der Waals surface area contributed by atoms with E-state index in [4.69, 9.17) is 0 Å². The van der Waals surface area contributed by atoms with E-state index < -0.39 is 9.84 Å². The van der Waals surface area contributed by atoms with Gasteiger partial charge in [0.1, 0.15) is 0 Å². The molecule has 1 heterocycles. The Hall–Kier alpha value is -1.11. The number of hydrogen-bond acceptors (Lipinski definition) is 4. The number of carbonyl (C=O) groups is 2. The zero-order valence-corrected chi connectivity index (χ0v) is 18.8. The van der Waals surface area contributed by atoms with Crippen LogP contribution in [0, 0.1) is 23.7 Å². The second kappa shape index (κ2) is 9.80. The molecule has 3 rings (SSSR count). The fourth-order valence-corrected chi connectivity index (χ4v) is 7.73. The Morgan fingerprint density at radius 2 is 1.10 bits per heavy atom. The topological polar surface area (TPSA) is 92.3 Å². The van der Waals surface area contributed by atoms with Crippen LogP contribution in [0.25, 0.3) is 0 Å². The van der Waals surface area contributed by atoms with Gasteiger partial charge in [-0.15, -0.1) is 0 Å². The number of carbonyl (C=O) groups excluding carboxylic acids is 2. The normalized spacial score (nSPS) is 37.0. The molecule has 0 aromatic carbocycles. The average molecular weight is 427 g/mol. The van der Waals surface area contributed by atoms with E-state index in [-0.39, 0.29) is 60.1 Å². The monoisotopic (exact) mass is 426 g/mol. The zero-order chi connectivity index (χ0) is 21.0. The van der Waals surface area contributed by atoms with Gasteiger partial charge < -0.3 is 10.6 Å². The molecule has 6 atom stereocenters. The molecule has 0 bridgehead atoms. The van der Waals surface area contributed by atoms with Crippen molar-refractivity contribution in [2.45, 2.75) is 90.1 Å². The summed E-state index contributed by atoms with van der Waals surface area (Å²) >= 11 is 0. The first kappa shape index (κ1) is 22.6. The Morgan fingerprint density at radius 3 is 1.48 bits per heavy atom. The van der Waals surface area contributed by atoms with Crippen LogP contribution in [0.2, 0.25) is 0 Å². The number of rotatable bonds is 6. The Morgan fingerprint density at radius 1 is 0.724 bits per heavy atom. The first-order valence-electron chi connectivity index (χ1n) is 11.5. The Labute approximate surface area is 175 Å². The molecule has 1 aliphatic heterocycles. The van der Waals surface area contributed by atoms with Crippen molar-refractivity contribution in [1.29, 1.82) is 0 Å². The van der Waals surface area contributed by atoms with Crippen molar-refractivity contribution >= 4 is 21.7 Å². The number of nitrogens with one attached hydrogen (secondary N) is 2. The van der Waals surface area contributed by atoms with Crippen molar-refractivity contribution in [2.75, 3.05) is 11.5 Å². The summed E-state index contributed by atoms with van der Waals surface area (Å²) < 4.78 is 24.5. The molecule has 0 spiro atoms. The van der Waals surface area contributed by atoms with Gasteiger partial charge in [0.15, 0.2) is 9.84 Å². The van der Waals surface area contributed by atoms with Gasteiger partial charge in [-0.3, -0.25) is 9.59 Å². The van der Waals surface area contributed by atoms with E-state index in [2.05, 4.69) is 24.5 Å². The largest absolute Gasteiger partial charge is 0.353 e. The molecule has 6 nitrogen and oxygen atoms in total. The summed E-state index contributed by atoms with van der Waals surface area (Å²) in [7, 11) is -3.18. The van der Waals surface area contributed by atoms with Gasteiger partial charge in [0.25, 0.3) is 0 Å². The molecule has 7 heteroatoms. The SMILES string of the molecule is C[C@H]1CCCC[C@H]1NC(=O)C[C@@H]1CS(=O)(=O)C[C@@H]1CC(=O)N[C@@H]1CCCC[C@@H]1C. The van der Waals surface area contributed by atoms with Crippen LogP contribution < -0.4 is 10.6 Å². The van der Waals surface area contributed by atoms with Crippen LogP contribution in [0.4, 0.5) is 0 Å². The maximum Gasteiger partial charge on any atom is 0.220 e. The fraction of sp³-hybridized carbons (Fsp3) is 0.909. The van der Waals surface area contributed by atoms with E-state index in [0.29, 0.717) is 11.8 Å². The molecule has 2 N–H and O–H groups in total. The van der Waals surface area contributed by atoms with E-state index in [9.17, 15) is 18.0 Å². The van der Waals surface area contributed by atoms with E-state index >= 15 is 0 Å². The van der Waals surface area contributed by atoms with Gasteiger partial charge in [-0.05, 0) is 49.4 Å². The third-order valence-electron chi connectivity index (χ3n) is 7.41. The lowest BCUT2D eigenvalue weighted by molar-refractivity contribution is -0.126. The number of amides is 2. The third kappa shape index (κ3) is 6.43. The second-order valence-corrected chi connectivity index (χ2v) is 12.0. The highest BCUT2D eigenvalue weighted by atomic mass is 32.2. The van der Waals surface area contributed by atoms with Crippen LogP contribution in [0.3, 0.4) is 0 Å². The van der Waals surface area contributed by atoms with Crippen molar-refractivity contribution in [1.82, 2.24) is 10.6 Å². The molecule has 0 aromatic heterocycles. The highest BCUT2D eigenvalue weighted by molar-refractivity contribution is 7.91. The Kier molecular flexibility index (Phi) is 7.63. The molecule has 2 amide bonds. The Bertz CT molecular complexity index is 641. The van der Waals surface area contributed by atoms with Crippen LogP contribution in [0.1, 0.15) is 78.1 Å². The van der Waals surface area contributed by atoms with Crippen molar-refractivity contribution in [3.63, 3.8) is 0 Å².